The average Bonchev–Trinajstić information content (AvgIpc) is 3.15. The molecule has 2 aromatic carbocycles. The zero-order valence-electron chi connectivity index (χ0n) is 13.7. The number of nitrogens with one attached hydrogen (secondary N) is 2. The van der Waals surface area contributed by atoms with Gasteiger partial charge in [0, 0.05) is 18.5 Å². The third-order valence-electron chi connectivity index (χ3n) is 3.95. The minimum Gasteiger partial charge on any atom is -0.460 e. The van der Waals surface area contributed by atoms with Gasteiger partial charge in [0.15, 0.2) is 0 Å². The fraction of sp³-hybridized carbons (Fsp3) is 0.263. The molecule has 2 atom stereocenters. The van der Waals surface area contributed by atoms with Gasteiger partial charge in [0.2, 0.25) is 0 Å². The van der Waals surface area contributed by atoms with Gasteiger partial charge in [-0.3, -0.25) is 14.4 Å². The molecule has 2 aromatic rings. The summed E-state index contributed by atoms with van der Waals surface area (Å²) in [4.78, 5) is 29.4. The normalized spacial score (nSPS) is 19.4. The lowest BCUT2D eigenvalue weighted by molar-refractivity contribution is -0.147. The first-order chi connectivity index (χ1) is 12.2. The van der Waals surface area contributed by atoms with E-state index in [2.05, 4.69) is 10.8 Å². The summed E-state index contributed by atoms with van der Waals surface area (Å²) in [5.41, 5.74) is 3.89. The van der Waals surface area contributed by atoms with Crippen molar-refractivity contribution in [2.45, 2.75) is 25.2 Å². The highest BCUT2D eigenvalue weighted by molar-refractivity contribution is 5.93. The number of carbonyl (C=O) groups excluding carboxylic acids is 2. The van der Waals surface area contributed by atoms with Crippen molar-refractivity contribution in [3.8, 4) is 0 Å². The van der Waals surface area contributed by atoms with E-state index in [1.54, 1.807) is 24.3 Å². The van der Waals surface area contributed by atoms with Crippen LogP contribution in [-0.2, 0) is 21.0 Å². The largest absolute Gasteiger partial charge is 0.460 e. The van der Waals surface area contributed by atoms with Gasteiger partial charge >= 0.3 is 5.97 Å². The molecule has 0 unspecified atom stereocenters. The third-order valence-corrected chi connectivity index (χ3v) is 3.95. The van der Waals surface area contributed by atoms with E-state index in [0.717, 1.165) is 5.56 Å². The Morgan fingerprint density at radius 2 is 1.72 bits per heavy atom. The second kappa shape index (κ2) is 8.41. The number of ether oxygens (including phenoxy) is 1. The van der Waals surface area contributed by atoms with Gasteiger partial charge in [0.25, 0.3) is 5.91 Å². The van der Waals surface area contributed by atoms with Gasteiger partial charge < -0.3 is 10.1 Å². The van der Waals surface area contributed by atoms with Crippen molar-refractivity contribution in [3.05, 3.63) is 71.8 Å². The van der Waals surface area contributed by atoms with Crippen LogP contribution < -0.4 is 10.8 Å². The van der Waals surface area contributed by atoms with Crippen LogP contribution in [-0.4, -0.2) is 30.6 Å². The molecule has 6 heteroatoms. The molecule has 3 rings (SSSR count). The molecule has 0 bridgehead atoms. The van der Waals surface area contributed by atoms with Crippen molar-refractivity contribution in [2.24, 2.45) is 0 Å². The van der Waals surface area contributed by atoms with Crippen LogP contribution in [0.1, 0.15) is 22.3 Å². The molecule has 1 amide bonds. The van der Waals surface area contributed by atoms with Crippen molar-refractivity contribution in [3.63, 3.8) is 0 Å². The number of rotatable bonds is 6. The Morgan fingerprint density at radius 1 is 1.04 bits per heavy atom. The van der Waals surface area contributed by atoms with Gasteiger partial charge in [-0.05, 0) is 17.7 Å². The predicted octanol–water partition coefficient (Wildman–Crippen LogP) is 1.82. The highest BCUT2D eigenvalue weighted by Gasteiger charge is 2.31. The predicted molar refractivity (Wildman–Crippen MR) is 91.4 cm³/mol. The van der Waals surface area contributed by atoms with E-state index < -0.39 is 6.04 Å². The standard InChI is InChI=1S/C19H20N2O4/c22-18(15-9-5-2-6-10-15)21-25-16-11-17(20-12-16)19(23)24-13-14-7-3-1-4-8-14/h1-10,16-17,20H,11-13H2,(H,21,22)/t16-,17+/m0/s1. The summed E-state index contributed by atoms with van der Waals surface area (Å²) < 4.78 is 5.31. The van der Waals surface area contributed by atoms with Crippen LogP contribution in [0.25, 0.3) is 0 Å². The summed E-state index contributed by atoms with van der Waals surface area (Å²) in [6, 6.07) is 17.9. The molecule has 130 valence electrons. The molecule has 0 saturated carbocycles. The van der Waals surface area contributed by atoms with Gasteiger partial charge in [0.05, 0.1) is 6.10 Å². The minimum atomic E-state index is -0.428. The molecule has 0 aromatic heterocycles. The Labute approximate surface area is 146 Å². The number of carbonyl (C=O) groups is 2. The maximum absolute atomic E-state index is 12.1. The molecule has 25 heavy (non-hydrogen) atoms. The summed E-state index contributed by atoms with van der Waals surface area (Å²) >= 11 is 0. The molecular weight excluding hydrogens is 320 g/mol. The Balaban J connectivity index is 1.41. The number of esters is 1. The monoisotopic (exact) mass is 340 g/mol. The van der Waals surface area contributed by atoms with Crippen LogP contribution in [0, 0.1) is 0 Å². The Kier molecular flexibility index (Phi) is 5.77. The van der Waals surface area contributed by atoms with Crippen LogP contribution in [0.3, 0.4) is 0 Å². The minimum absolute atomic E-state index is 0.244. The highest BCUT2D eigenvalue weighted by Crippen LogP contribution is 2.12. The van der Waals surface area contributed by atoms with E-state index >= 15 is 0 Å². The molecule has 0 aliphatic carbocycles. The van der Waals surface area contributed by atoms with Gasteiger partial charge in [-0.25, -0.2) is 5.48 Å². The number of benzene rings is 2. The molecule has 1 aliphatic rings. The number of hydrogen-bond donors (Lipinski definition) is 2. The first-order valence-electron chi connectivity index (χ1n) is 8.17. The van der Waals surface area contributed by atoms with E-state index in [-0.39, 0.29) is 24.6 Å². The summed E-state index contributed by atoms with van der Waals surface area (Å²) in [6.45, 7) is 0.717. The fourth-order valence-electron chi connectivity index (χ4n) is 2.59. The first kappa shape index (κ1) is 17.1. The summed E-state index contributed by atoms with van der Waals surface area (Å²) in [7, 11) is 0. The fourth-order valence-corrected chi connectivity index (χ4v) is 2.59. The highest BCUT2D eigenvalue weighted by atomic mass is 16.7. The third kappa shape index (κ3) is 4.89. The molecule has 0 spiro atoms. The molecule has 6 nitrogen and oxygen atoms in total. The van der Waals surface area contributed by atoms with Gasteiger partial charge in [-0.1, -0.05) is 48.5 Å². The zero-order chi connectivity index (χ0) is 17.5. The smallest absolute Gasteiger partial charge is 0.323 e. The Morgan fingerprint density at radius 3 is 2.44 bits per heavy atom. The second-order valence-corrected chi connectivity index (χ2v) is 5.83. The summed E-state index contributed by atoms with van der Waals surface area (Å²) in [6.07, 6.45) is 0.171. The summed E-state index contributed by atoms with van der Waals surface area (Å²) in [5.74, 6) is -0.625. The van der Waals surface area contributed by atoms with E-state index in [9.17, 15) is 9.59 Å². The maximum atomic E-state index is 12.1. The van der Waals surface area contributed by atoms with Crippen molar-refractivity contribution >= 4 is 11.9 Å². The first-order valence-corrected chi connectivity index (χ1v) is 8.17. The molecule has 1 fully saturated rings. The lowest BCUT2D eigenvalue weighted by atomic mass is 10.2. The van der Waals surface area contributed by atoms with E-state index in [1.807, 2.05) is 36.4 Å². The van der Waals surface area contributed by atoms with Crippen molar-refractivity contribution in [1.82, 2.24) is 10.8 Å². The maximum Gasteiger partial charge on any atom is 0.323 e. The molecule has 1 aliphatic heterocycles. The topological polar surface area (TPSA) is 76.7 Å². The lowest BCUT2D eigenvalue weighted by Gasteiger charge is -2.12. The van der Waals surface area contributed by atoms with Crippen molar-refractivity contribution in [2.75, 3.05) is 6.54 Å². The van der Waals surface area contributed by atoms with Crippen molar-refractivity contribution in [1.29, 1.82) is 0 Å². The van der Waals surface area contributed by atoms with E-state index in [1.165, 1.54) is 0 Å². The van der Waals surface area contributed by atoms with Gasteiger partial charge in [-0.15, -0.1) is 0 Å². The Bertz CT molecular complexity index is 706. The van der Waals surface area contributed by atoms with E-state index in [4.69, 9.17) is 9.57 Å². The summed E-state index contributed by atoms with van der Waals surface area (Å²) in [5, 5.41) is 3.06. The zero-order valence-corrected chi connectivity index (χ0v) is 13.7. The molecular formula is C19H20N2O4. The molecule has 0 radical (unpaired) electrons. The number of hydrogen-bond acceptors (Lipinski definition) is 5. The van der Waals surface area contributed by atoms with Crippen LogP contribution in [0.2, 0.25) is 0 Å². The number of amides is 1. The van der Waals surface area contributed by atoms with Crippen LogP contribution in [0.4, 0.5) is 0 Å². The molecule has 2 N–H and O–H groups in total. The van der Waals surface area contributed by atoms with Crippen molar-refractivity contribution < 1.29 is 19.2 Å². The quantitative estimate of drug-likeness (QED) is 0.620. The lowest BCUT2D eigenvalue weighted by Crippen LogP contribution is -2.32. The van der Waals surface area contributed by atoms with E-state index in [0.29, 0.717) is 18.5 Å². The average molecular weight is 340 g/mol. The SMILES string of the molecule is O=C(NO[C@@H]1CN[C@@H](C(=O)OCc2ccccc2)C1)c1ccccc1. The van der Waals surface area contributed by atoms with Crippen LogP contribution in [0.15, 0.2) is 60.7 Å². The van der Waals surface area contributed by atoms with Crippen LogP contribution >= 0.6 is 0 Å². The second-order valence-electron chi connectivity index (χ2n) is 5.83. The Hall–Kier alpha value is -2.70. The molecule has 1 heterocycles. The van der Waals surface area contributed by atoms with Gasteiger partial charge in [-0.2, -0.15) is 0 Å². The molecule has 1 saturated heterocycles. The van der Waals surface area contributed by atoms with Crippen LogP contribution in [0.5, 0.6) is 0 Å². The van der Waals surface area contributed by atoms with Gasteiger partial charge in [0.1, 0.15) is 12.6 Å². The number of hydroxylamine groups is 1.